The highest BCUT2D eigenvalue weighted by molar-refractivity contribution is 5.69. The molecule has 0 fully saturated rings. The summed E-state index contributed by atoms with van der Waals surface area (Å²) in [7, 11) is 0. The standard InChI is InChI=1S/C36H72O11/c1-3-5-7-9-11-12-14-16-36(37)47-35-34-46-33-32-45-31-30-44-29-28-43-27-26-42-25-24-41-23-22-40-21-20-39-19-18-38-17-15-13-10-8-6-4-2/h3-35H2,1-2H3. The van der Waals surface area contributed by atoms with Gasteiger partial charge in [-0.25, -0.2) is 0 Å². The Labute approximate surface area is 287 Å². The zero-order valence-corrected chi connectivity index (χ0v) is 30.3. The van der Waals surface area contributed by atoms with Gasteiger partial charge in [-0.3, -0.25) is 4.79 Å². The maximum Gasteiger partial charge on any atom is 0.305 e. The quantitative estimate of drug-likeness (QED) is 0.0545. The second-order valence-corrected chi connectivity index (χ2v) is 11.4. The van der Waals surface area contributed by atoms with Gasteiger partial charge >= 0.3 is 5.97 Å². The minimum atomic E-state index is -0.136. The lowest BCUT2D eigenvalue weighted by Gasteiger charge is -2.09. The molecule has 0 amide bonds. The third-order valence-electron chi connectivity index (χ3n) is 7.09. The normalized spacial score (nSPS) is 11.4. The molecular formula is C36H72O11. The highest BCUT2D eigenvalue weighted by Crippen LogP contribution is 2.09. The van der Waals surface area contributed by atoms with Gasteiger partial charge in [0.2, 0.25) is 0 Å². The summed E-state index contributed by atoms with van der Waals surface area (Å²) in [5.41, 5.74) is 0. The minimum absolute atomic E-state index is 0.136. The summed E-state index contributed by atoms with van der Waals surface area (Å²) in [5.74, 6) is -0.136. The number of esters is 1. The Hall–Kier alpha value is -0.890. The van der Waals surface area contributed by atoms with Crippen molar-refractivity contribution < 1.29 is 52.2 Å². The van der Waals surface area contributed by atoms with Gasteiger partial charge < -0.3 is 47.4 Å². The average Bonchev–Trinajstić information content (AvgIpc) is 3.08. The van der Waals surface area contributed by atoms with Crippen LogP contribution in [0.3, 0.4) is 0 Å². The molecule has 0 saturated heterocycles. The molecule has 0 atom stereocenters. The van der Waals surface area contributed by atoms with Gasteiger partial charge in [0.15, 0.2) is 0 Å². The highest BCUT2D eigenvalue weighted by atomic mass is 16.6. The lowest BCUT2D eigenvalue weighted by molar-refractivity contribution is -0.145. The fourth-order valence-corrected chi connectivity index (χ4v) is 4.36. The fraction of sp³-hybridized carbons (Fsp3) is 0.972. The number of carbonyl (C=O) groups excluding carboxylic acids is 1. The van der Waals surface area contributed by atoms with E-state index in [1.54, 1.807) is 0 Å². The van der Waals surface area contributed by atoms with Crippen LogP contribution in [0.15, 0.2) is 0 Å². The molecule has 11 heteroatoms. The van der Waals surface area contributed by atoms with E-state index >= 15 is 0 Å². The van der Waals surface area contributed by atoms with Crippen LogP contribution in [-0.2, 0) is 52.2 Å². The first-order valence-corrected chi connectivity index (χ1v) is 18.7. The fourth-order valence-electron chi connectivity index (χ4n) is 4.36. The molecule has 0 spiro atoms. The summed E-state index contributed by atoms with van der Waals surface area (Å²) < 4.78 is 54.7. The zero-order chi connectivity index (χ0) is 34.0. The van der Waals surface area contributed by atoms with Gasteiger partial charge in [0.1, 0.15) is 6.61 Å². The highest BCUT2D eigenvalue weighted by Gasteiger charge is 2.03. The van der Waals surface area contributed by atoms with Crippen LogP contribution in [0, 0.1) is 0 Å². The smallest absolute Gasteiger partial charge is 0.305 e. The second kappa shape index (κ2) is 43.1. The molecule has 0 unspecified atom stereocenters. The summed E-state index contributed by atoms with van der Waals surface area (Å²) in [6.07, 6.45) is 16.5. The van der Waals surface area contributed by atoms with Crippen LogP contribution in [0.1, 0.15) is 104 Å². The molecule has 0 aliphatic heterocycles. The molecule has 0 bridgehead atoms. The predicted octanol–water partition coefficient (Wildman–Crippen LogP) is 6.18. The van der Waals surface area contributed by atoms with E-state index in [0.29, 0.717) is 125 Å². The van der Waals surface area contributed by atoms with Crippen molar-refractivity contribution in [1.82, 2.24) is 0 Å². The second-order valence-electron chi connectivity index (χ2n) is 11.4. The lowest BCUT2D eigenvalue weighted by atomic mass is 10.1. The predicted molar refractivity (Wildman–Crippen MR) is 184 cm³/mol. The summed E-state index contributed by atoms with van der Waals surface area (Å²) in [6.45, 7) is 14.4. The number of unbranched alkanes of at least 4 members (excludes halogenated alkanes) is 11. The van der Waals surface area contributed by atoms with E-state index in [2.05, 4.69) is 13.8 Å². The van der Waals surface area contributed by atoms with E-state index in [-0.39, 0.29) is 5.97 Å². The molecule has 0 aromatic rings. The van der Waals surface area contributed by atoms with E-state index < -0.39 is 0 Å². The Bertz CT molecular complexity index is 583. The van der Waals surface area contributed by atoms with Crippen LogP contribution in [-0.4, -0.2) is 132 Å². The molecule has 0 rings (SSSR count). The SMILES string of the molecule is CCCCCCCCCC(=O)OCCOCCOCCOCCOCCOCCOCCOCCOCCOCCCCCCCC. The molecule has 0 aliphatic carbocycles. The summed E-state index contributed by atoms with van der Waals surface area (Å²) >= 11 is 0. The number of hydrogen-bond acceptors (Lipinski definition) is 11. The van der Waals surface area contributed by atoms with E-state index in [9.17, 15) is 4.79 Å². The largest absolute Gasteiger partial charge is 0.463 e. The Kier molecular flexibility index (Phi) is 42.3. The number of ether oxygens (including phenoxy) is 10. The molecule has 0 aliphatic rings. The molecule has 0 aromatic carbocycles. The molecule has 0 radical (unpaired) electrons. The Morgan fingerprint density at radius 2 is 0.553 bits per heavy atom. The minimum Gasteiger partial charge on any atom is -0.463 e. The first-order valence-electron chi connectivity index (χ1n) is 18.7. The Balaban J connectivity index is 3.09. The van der Waals surface area contributed by atoms with E-state index in [1.165, 1.54) is 64.2 Å². The molecule has 282 valence electrons. The number of carbonyl (C=O) groups is 1. The summed E-state index contributed by atoms with van der Waals surface area (Å²) in [4.78, 5) is 11.7. The van der Waals surface area contributed by atoms with E-state index in [0.717, 1.165) is 25.9 Å². The van der Waals surface area contributed by atoms with Gasteiger partial charge in [-0.2, -0.15) is 0 Å². The topological polar surface area (TPSA) is 109 Å². The van der Waals surface area contributed by atoms with Crippen molar-refractivity contribution >= 4 is 5.97 Å². The third-order valence-corrected chi connectivity index (χ3v) is 7.09. The summed E-state index contributed by atoms with van der Waals surface area (Å²) in [6, 6.07) is 0. The summed E-state index contributed by atoms with van der Waals surface area (Å²) in [5, 5.41) is 0. The van der Waals surface area contributed by atoms with Gasteiger partial charge in [0.25, 0.3) is 0 Å². The molecule has 0 aromatic heterocycles. The van der Waals surface area contributed by atoms with Crippen LogP contribution in [0.5, 0.6) is 0 Å². The molecule has 0 N–H and O–H groups in total. The number of rotatable bonds is 42. The average molecular weight is 681 g/mol. The molecule has 0 heterocycles. The van der Waals surface area contributed by atoms with Crippen molar-refractivity contribution in [3.63, 3.8) is 0 Å². The third kappa shape index (κ3) is 43.1. The Morgan fingerprint density at radius 3 is 0.894 bits per heavy atom. The van der Waals surface area contributed by atoms with E-state index in [4.69, 9.17) is 47.4 Å². The number of hydrogen-bond donors (Lipinski definition) is 0. The van der Waals surface area contributed by atoms with Gasteiger partial charge in [0, 0.05) is 13.0 Å². The van der Waals surface area contributed by atoms with Gasteiger partial charge in [-0.1, -0.05) is 84.5 Å². The van der Waals surface area contributed by atoms with Crippen molar-refractivity contribution in [3.8, 4) is 0 Å². The zero-order valence-electron chi connectivity index (χ0n) is 30.3. The van der Waals surface area contributed by atoms with Crippen molar-refractivity contribution in [2.75, 3.05) is 126 Å². The van der Waals surface area contributed by atoms with Crippen LogP contribution in [0.2, 0.25) is 0 Å². The van der Waals surface area contributed by atoms with Crippen LogP contribution < -0.4 is 0 Å². The van der Waals surface area contributed by atoms with Crippen LogP contribution >= 0.6 is 0 Å². The van der Waals surface area contributed by atoms with E-state index in [1.807, 2.05) is 0 Å². The monoisotopic (exact) mass is 681 g/mol. The Morgan fingerprint density at radius 1 is 0.298 bits per heavy atom. The van der Waals surface area contributed by atoms with Crippen LogP contribution in [0.4, 0.5) is 0 Å². The first kappa shape index (κ1) is 46.1. The molecule has 47 heavy (non-hydrogen) atoms. The maximum atomic E-state index is 11.7. The van der Waals surface area contributed by atoms with Crippen molar-refractivity contribution in [1.29, 1.82) is 0 Å². The van der Waals surface area contributed by atoms with Crippen molar-refractivity contribution in [2.45, 2.75) is 104 Å². The maximum absolute atomic E-state index is 11.7. The van der Waals surface area contributed by atoms with Gasteiger partial charge in [-0.05, 0) is 12.8 Å². The molecule has 11 nitrogen and oxygen atoms in total. The molecular weight excluding hydrogens is 608 g/mol. The lowest BCUT2D eigenvalue weighted by Crippen LogP contribution is -2.15. The van der Waals surface area contributed by atoms with Gasteiger partial charge in [0.05, 0.1) is 112 Å². The first-order chi connectivity index (χ1) is 23.3. The van der Waals surface area contributed by atoms with Crippen LogP contribution in [0.25, 0.3) is 0 Å². The molecule has 0 saturated carbocycles. The van der Waals surface area contributed by atoms with Crippen molar-refractivity contribution in [2.24, 2.45) is 0 Å². The van der Waals surface area contributed by atoms with Crippen molar-refractivity contribution in [3.05, 3.63) is 0 Å². The van der Waals surface area contributed by atoms with Gasteiger partial charge in [-0.15, -0.1) is 0 Å².